The van der Waals surface area contributed by atoms with E-state index in [0.29, 0.717) is 10.5 Å². The Morgan fingerprint density at radius 1 is 1.27 bits per heavy atom. The molecule has 3 aliphatic carbocycles. The van der Waals surface area contributed by atoms with Gasteiger partial charge in [-0.15, -0.1) is 0 Å². The SMILES string of the molecule is CC1CCC2CC1([Si])C2(C)C. The van der Waals surface area contributed by atoms with Crippen molar-refractivity contribution in [3.63, 3.8) is 0 Å². The summed E-state index contributed by atoms with van der Waals surface area (Å²) < 4.78 is 0. The predicted octanol–water partition coefficient (Wildman–Crippen LogP) is 2.79. The summed E-state index contributed by atoms with van der Waals surface area (Å²) >= 11 is 0. The molecule has 3 fully saturated rings. The summed E-state index contributed by atoms with van der Waals surface area (Å²) in [6.45, 7) is 7.23. The summed E-state index contributed by atoms with van der Waals surface area (Å²) in [6, 6.07) is 0. The van der Waals surface area contributed by atoms with E-state index in [0.717, 1.165) is 11.8 Å². The molecule has 3 rings (SSSR count). The molecule has 11 heavy (non-hydrogen) atoms. The van der Waals surface area contributed by atoms with Crippen molar-refractivity contribution in [2.75, 3.05) is 0 Å². The number of hydrogen-bond donors (Lipinski definition) is 0. The van der Waals surface area contributed by atoms with E-state index in [2.05, 4.69) is 31.0 Å². The Hall–Kier alpha value is 0.217. The minimum atomic E-state index is 0.482. The maximum atomic E-state index is 4.00. The summed E-state index contributed by atoms with van der Waals surface area (Å²) in [5, 5.41) is 0.482. The molecular weight excluding hydrogens is 148 g/mol. The number of rotatable bonds is 0. The van der Waals surface area contributed by atoms with E-state index in [1.165, 1.54) is 19.3 Å². The molecule has 0 amide bonds. The monoisotopic (exact) mass is 165 g/mol. The minimum absolute atomic E-state index is 0.482. The van der Waals surface area contributed by atoms with E-state index in [-0.39, 0.29) is 0 Å². The first-order chi connectivity index (χ1) is 4.98. The second-order valence-corrected chi connectivity index (χ2v) is 5.96. The fourth-order valence-electron chi connectivity index (χ4n) is 3.14. The van der Waals surface area contributed by atoms with Crippen molar-refractivity contribution in [2.45, 2.75) is 45.1 Å². The molecule has 0 aromatic carbocycles. The van der Waals surface area contributed by atoms with Crippen molar-refractivity contribution in [1.29, 1.82) is 0 Å². The Balaban J connectivity index is 2.28. The van der Waals surface area contributed by atoms with E-state index in [1.54, 1.807) is 0 Å². The van der Waals surface area contributed by atoms with Crippen molar-refractivity contribution >= 4 is 10.2 Å². The first-order valence-electron chi connectivity index (χ1n) is 4.73. The van der Waals surface area contributed by atoms with Gasteiger partial charge in [-0.1, -0.05) is 27.2 Å². The zero-order valence-corrected chi connectivity index (χ0v) is 8.78. The Bertz CT molecular complexity index is 185. The molecule has 3 saturated carbocycles. The number of fused-ring (bicyclic) bond motifs is 2. The lowest BCUT2D eigenvalue weighted by Crippen LogP contribution is -2.56. The van der Waals surface area contributed by atoms with Crippen molar-refractivity contribution in [2.24, 2.45) is 17.3 Å². The van der Waals surface area contributed by atoms with Gasteiger partial charge in [-0.25, -0.2) is 0 Å². The second kappa shape index (κ2) is 1.93. The molecule has 2 bridgehead atoms. The smallest absolute Gasteiger partial charge is 0.0324 e. The van der Waals surface area contributed by atoms with E-state index in [1.807, 2.05) is 0 Å². The van der Waals surface area contributed by atoms with Crippen LogP contribution in [0.15, 0.2) is 0 Å². The summed E-state index contributed by atoms with van der Waals surface area (Å²) in [5.41, 5.74) is 0.557. The van der Waals surface area contributed by atoms with Gasteiger partial charge in [-0.2, -0.15) is 0 Å². The van der Waals surface area contributed by atoms with Crippen LogP contribution in [0, 0.1) is 17.3 Å². The molecule has 0 saturated heterocycles. The third kappa shape index (κ3) is 0.708. The van der Waals surface area contributed by atoms with Crippen LogP contribution in [0.3, 0.4) is 0 Å². The maximum Gasteiger partial charge on any atom is 0.0324 e. The molecule has 1 heteroatoms. The summed E-state index contributed by atoms with van der Waals surface area (Å²) in [6.07, 6.45) is 4.30. The van der Waals surface area contributed by atoms with E-state index < -0.39 is 0 Å². The molecule has 0 spiro atoms. The van der Waals surface area contributed by atoms with Gasteiger partial charge in [0.15, 0.2) is 0 Å². The van der Waals surface area contributed by atoms with Crippen LogP contribution in [-0.2, 0) is 0 Å². The highest BCUT2D eigenvalue weighted by Gasteiger charge is 2.61. The average molecular weight is 165 g/mol. The van der Waals surface area contributed by atoms with Crippen LogP contribution in [0.1, 0.15) is 40.0 Å². The van der Waals surface area contributed by atoms with Crippen LogP contribution in [0.4, 0.5) is 0 Å². The Kier molecular flexibility index (Phi) is 1.38. The lowest BCUT2D eigenvalue weighted by Gasteiger charge is -2.67. The third-order valence-corrected chi connectivity index (χ3v) is 5.87. The third-order valence-electron chi connectivity index (χ3n) is 4.53. The second-order valence-electron chi connectivity index (χ2n) is 5.07. The van der Waals surface area contributed by atoms with Gasteiger partial charge in [-0.3, -0.25) is 0 Å². The Morgan fingerprint density at radius 3 is 2.27 bits per heavy atom. The molecule has 0 aromatic heterocycles. The zero-order valence-electron chi connectivity index (χ0n) is 7.78. The predicted molar refractivity (Wildman–Crippen MR) is 48.7 cm³/mol. The molecule has 61 valence electrons. The van der Waals surface area contributed by atoms with Gasteiger partial charge in [0.1, 0.15) is 0 Å². The van der Waals surface area contributed by atoms with Crippen LogP contribution in [0.5, 0.6) is 0 Å². The molecule has 3 aliphatic rings. The molecule has 0 aliphatic heterocycles. The van der Waals surface area contributed by atoms with Gasteiger partial charge in [0.05, 0.1) is 0 Å². The lowest BCUT2D eigenvalue weighted by molar-refractivity contribution is -0.0818. The molecule has 3 unspecified atom stereocenters. The Labute approximate surface area is 73.2 Å². The van der Waals surface area contributed by atoms with E-state index in [9.17, 15) is 0 Å². The molecule has 0 aromatic rings. The van der Waals surface area contributed by atoms with Crippen LogP contribution in [0.25, 0.3) is 0 Å². The van der Waals surface area contributed by atoms with E-state index in [4.69, 9.17) is 0 Å². The number of hydrogen-bond acceptors (Lipinski definition) is 0. The van der Waals surface area contributed by atoms with Crippen LogP contribution < -0.4 is 0 Å². The molecule has 3 radical (unpaired) electrons. The van der Waals surface area contributed by atoms with Crippen molar-refractivity contribution < 1.29 is 0 Å². The van der Waals surface area contributed by atoms with Gasteiger partial charge in [-0.05, 0) is 35.1 Å². The van der Waals surface area contributed by atoms with Gasteiger partial charge in [0, 0.05) is 10.2 Å². The summed E-state index contributed by atoms with van der Waals surface area (Å²) in [4.78, 5) is 0. The largest absolute Gasteiger partial charge is 0.0623 e. The van der Waals surface area contributed by atoms with Crippen molar-refractivity contribution in [1.82, 2.24) is 0 Å². The topological polar surface area (TPSA) is 0 Å². The normalized spacial score (nSPS) is 53.5. The van der Waals surface area contributed by atoms with Crippen molar-refractivity contribution in [3.05, 3.63) is 0 Å². The summed E-state index contributed by atoms with van der Waals surface area (Å²) in [5.74, 6) is 1.87. The molecule has 0 nitrogen and oxygen atoms in total. The molecule has 0 N–H and O–H groups in total. The van der Waals surface area contributed by atoms with Gasteiger partial charge >= 0.3 is 0 Å². The molecule has 0 heterocycles. The van der Waals surface area contributed by atoms with E-state index >= 15 is 0 Å². The Morgan fingerprint density at radius 2 is 1.91 bits per heavy atom. The fourth-order valence-corrected chi connectivity index (χ4v) is 3.73. The highest BCUT2D eigenvalue weighted by Crippen LogP contribution is 2.72. The first kappa shape index (κ1) is 7.84. The highest BCUT2D eigenvalue weighted by molar-refractivity contribution is 6.17. The zero-order chi connectivity index (χ0) is 8.28. The maximum absolute atomic E-state index is 4.00. The lowest BCUT2D eigenvalue weighted by atomic mass is 9.45. The van der Waals surface area contributed by atoms with Crippen LogP contribution in [-0.4, -0.2) is 10.2 Å². The molecular formula is C10H17Si. The standard InChI is InChI=1S/C10H17Si/c1-7-4-5-8-6-10(7,11)9(8,2)3/h7-8H,4-6H2,1-3H3. The van der Waals surface area contributed by atoms with Gasteiger partial charge in [0.2, 0.25) is 0 Å². The van der Waals surface area contributed by atoms with Gasteiger partial charge < -0.3 is 0 Å². The summed E-state index contributed by atoms with van der Waals surface area (Å²) in [7, 11) is 4.00. The van der Waals surface area contributed by atoms with Crippen LogP contribution in [0.2, 0.25) is 5.04 Å². The molecule has 3 atom stereocenters. The highest BCUT2D eigenvalue weighted by atomic mass is 28.1. The van der Waals surface area contributed by atoms with Crippen LogP contribution >= 0.6 is 0 Å². The average Bonchev–Trinajstić information content (AvgIpc) is 1.94. The van der Waals surface area contributed by atoms with Gasteiger partial charge in [0.25, 0.3) is 0 Å². The quantitative estimate of drug-likeness (QED) is 0.484. The van der Waals surface area contributed by atoms with Crippen molar-refractivity contribution in [3.8, 4) is 0 Å². The fraction of sp³-hybridized carbons (Fsp3) is 1.00. The minimum Gasteiger partial charge on any atom is -0.0623 e. The first-order valence-corrected chi connectivity index (χ1v) is 5.23.